The van der Waals surface area contributed by atoms with E-state index in [9.17, 15) is 8.42 Å². The fraction of sp³-hybridized carbons (Fsp3) is 0.600. The van der Waals surface area contributed by atoms with Crippen LogP contribution in [-0.2, 0) is 10.0 Å². The second kappa shape index (κ2) is 6.29. The monoisotopic (exact) mass is 341 g/mol. The highest BCUT2D eigenvalue weighted by molar-refractivity contribution is 9.10. The third-order valence-electron chi connectivity index (χ3n) is 2.24. The predicted molar refractivity (Wildman–Crippen MR) is 72.7 cm³/mol. The number of hydrogen-bond donors (Lipinski definition) is 1. The Hall–Kier alpha value is 0.0500. The highest BCUT2D eigenvalue weighted by Gasteiger charge is 2.29. The Morgan fingerprint density at radius 1 is 1.53 bits per heavy atom. The van der Waals surface area contributed by atoms with Crippen molar-refractivity contribution >= 4 is 37.3 Å². The molecule has 1 aromatic heterocycles. The summed E-state index contributed by atoms with van der Waals surface area (Å²) in [4.78, 5) is 0. The molecule has 0 fully saturated rings. The third-order valence-corrected chi connectivity index (χ3v) is 6.96. The van der Waals surface area contributed by atoms with Crippen LogP contribution in [0, 0.1) is 0 Å². The van der Waals surface area contributed by atoms with Crippen molar-refractivity contribution in [2.45, 2.75) is 30.5 Å². The Labute approximate surface area is 114 Å². The summed E-state index contributed by atoms with van der Waals surface area (Å²) < 4.78 is 27.1. The van der Waals surface area contributed by atoms with E-state index in [1.54, 1.807) is 11.4 Å². The minimum absolute atomic E-state index is 0.00957. The van der Waals surface area contributed by atoms with Crippen molar-refractivity contribution in [1.82, 2.24) is 4.31 Å². The molecular formula is C10H16BrNO3S2. The fourth-order valence-electron chi connectivity index (χ4n) is 1.45. The SMILES string of the molecule is CC(C)N(CCCO)S(=O)(=O)c1sccc1Br. The second-order valence-electron chi connectivity index (χ2n) is 3.84. The van der Waals surface area contributed by atoms with E-state index in [0.29, 0.717) is 21.6 Å². The maximum absolute atomic E-state index is 12.4. The molecule has 1 rings (SSSR count). The number of rotatable bonds is 6. The van der Waals surface area contributed by atoms with Crippen LogP contribution in [0.4, 0.5) is 0 Å². The van der Waals surface area contributed by atoms with Gasteiger partial charge in [-0.1, -0.05) is 0 Å². The van der Waals surface area contributed by atoms with E-state index in [2.05, 4.69) is 15.9 Å². The molecule has 7 heteroatoms. The van der Waals surface area contributed by atoms with Crippen LogP contribution in [0.15, 0.2) is 20.1 Å². The fourth-order valence-corrected chi connectivity index (χ4v) is 5.55. The van der Waals surface area contributed by atoms with E-state index in [1.165, 1.54) is 15.6 Å². The number of halogens is 1. The highest BCUT2D eigenvalue weighted by Crippen LogP contribution is 2.31. The molecule has 1 N–H and O–H groups in total. The van der Waals surface area contributed by atoms with E-state index < -0.39 is 10.0 Å². The van der Waals surface area contributed by atoms with Gasteiger partial charge in [0.2, 0.25) is 0 Å². The lowest BCUT2D eigenvalue weighted by molar-refractivity contribution is 0.258. The van der Waals surface area contributed by atoms with Crippen LogP contribution in [-0.4, -0.2) is 37.0 Å². The normalized spacial score (nSPS) is 12.6. The van der Waals surface area contributed by atoms with E-state index in [-0.39, 0.29) is 12.6 Å². The second-order valence-corrected chi connectivity index (χ2v) is 7.70. The molecule has 0 saturated heterocycles. The van der Waals surface area contributed by atoms with Crippen LogP contribution in [0.3, 0.4) is 0 Å². The van der Waals surface area contributed by atoms with Crippen LogP contribution in [0.1, 0.15) is 20.3 Å². The summed E-state index contributed by atoms with van der Waals surface area (Å²) >= 11 is 4.44. The number of aliphatic hydroxyl groups excluding tert-OH is 1. The predicted octanol–water partition coefficient (Wildman–Crippen LogP) is 2.29. The van der Waals surface area contributed by atoms with Gasteiger partial charge >= 0.3 is 0 Å². The van der Waals surface area contributed by atoms with Crippen LogP contribution in [0.2, 0.25) is 0 Å². The van der Waals surface area contributed by atoms with Gasteiger partial charge in [0.1, 0.15) is 4.21 Å². The van der Waals surface area contributed by atoms with Gasteiger partial charge in [0.15, 0.2) is 0 Å². The minimum atomic E-state index is -3.47. The smallest absolute Gasteiger partial charge is 0.253 e. The molecule has 98 valence electrons. The van der Waals surface area contributed by atoms with Gasteiger partial charge in [-0.2, -0.15) is 4.31 Å². The first-order valence-electron chi connectivity index (χ1n) is 5.27. The summed E-state index contributed by atoms with van der Waals surface area (Å²) in [6.07, 6.45) is 0.445. The Bertz CT molecular complexity index is 456. The van der Waals surface area contributed by atoms with E-state index in [4.69, 9.17) is 5.11 Å². The van der Waals surface area contributed by atoms with Crippen molar-refractivity contribution in [2.75, 3.05) is 13.2 Å². The van der Waals surface area contributed by atoms with Crippen molar-refractivity contribution < 1.29 is 13.5 Å². The van der Waals surface area contributed by atoms with E-state index in [0.717, 1.165) is 0 Å². The topological polar surface area (TPSA) is 57.6 Å². The van der Waals surface area contributed by atoms with Crippen molar-refractivity contribution in [2.24, 2.45) is 0 Å². The molecule has 0 aliphatic carbocycles. The van der Waals surface area contributed by atoms with Gasteiger partial charge in [-0.3, -0.25) is 0 Å². The van der Waals surface area contributed by atoms with Gasteiger partial charge in [-0.05, 0) is 47.6 Å². The summed E-state index contributed by atoms with van der Waals surface area (Å²) in [5.41, 5.74) is 0. The lowest BCUT2D eigenvalue weighted by atomic mass is 10.3. The number of hydrogen-bond acceptors (Lipinski definition) is 4. The molecule has 0 bridgehead atoms. The van der Waals surface area contributed by atoms with Crippen molar-refractivity contribution in [3.05, 3.63) is 15.9 Å². The third kappa shape index (κ3) is 3.51. The maximum Gasteiger partial charge on any atom is 0.253 e. The van der Waals surface area contributed by atoms with Crippen LogP contribution < -0.4 is 0 Å². The summed E-state index contributed by atoms with van der Waals surface area (Å²) in [6.45, 7) is 3.98. The molecule has 1 heterocycles. The first-order valence-corrected chi connectivity index (χ1v) is 8.38. The minimum Gasteiger partial charge on any atom is -0.396 e. The first-order chi connectivity index (χ1) is 7.91. The van der Waals surface area contributed by atoms with Gasteiger partial charge in [0.25, 0.3) is 10.0 Å². The lowest BCUT2D eigenvalue weighted by Crippen LogP contribution is -2.37. The molecule has 0 atom stereocenters. The summed E-state index contributed by atoms with van der Waals surface area (Å²) in [7, 11) is -3.47. The summed E-state index contributed by atoms with van der Waals surface area (Å²) in [5.74, 6) is 0. The summed E-state index contributed by atoms with van der Waals surface area (Å²) in [5, 5.41) is 10.6. The summed E-state index contributed by atoms with van der Waals surface area (Å²) in [6, 6.07) is 1.60. The number of thiophene rings is 1. The van der Waals surface area contributed by atoms with E-state index >= 15 is 0 Å². The van der Waals surface area contributed by atoms with Gasteiger partial charge in [-0.25, -0.2) is 8.42 Å². The van der Waals surface area contributed by atoms with Crippen LogP contribution in [0.25, 0.3) is 0 Å². The Morgan fingerprint density at radius 2 is 2.18 bits per heavy atom. The first kappa shape index (κ1) is 15.1. The zero-order valence-electron chi connectivity index (χ0n) is 9.76. The number of nitrogens with zero attached hydrogens (tertiary/aromatic N) is 1. The molecular weight excluding hydrogens is 326 g/mol. The zero-order chi connectivity index (χ0) is 13.1. The highest BCUT2D eigenvalue weighted by atomic mass is 79.9. The average Bonchev–Trinajstić information content (AvgIpc) is 2.64. The molecule has 0 amide bonds. The van der Waals surface area contributed by atoms with Crippen molar-refractivity contribution in [3.63, 3.8) is 0 Å². The molecule has 0 spiro atoms. The van der Waals surface area contributed by atoms with Gasteiger partial charge in [-0.15, -0.1) is 11.3 Å². The molecule has 0 aliphatic heterocycles. The molecule has 1 aromatic rings. The van der Waals surface area contributed by atoms with E-state index in [1.807, 2.05) is 13.8 Å². The standard InChI is InChI=1S/C10H16BrNO3S2/c1-8(2)12(5-3-6-13)17(14,15)10-9(11)4-7-16-10/h4,7-8,13H,3,5-6H2,1-2H3. The van der Waals surface area contributed by atoms with Gasteiger partial charge < -0.3 is 5.11 Å². The molecule has 0 aromatic carbocycles. The van der Waals surface area contributed by atoms with Crippen LogP contribution >= 0.6 is 27.3 Å². The molecule has 0 radical (unpaired) electrons. The zero-order valence-corrected chi connectivity index (χ0v) is 13.0. The molecule has 0 aliphatic rings. The molecule has 17 heavy (non-hydrogen) atoms. The molecule has 0 unspecified atom stereocenters. The average molecular weight is 342 g/mol. The Balaban J connectivity index is 3.05. The largest absolute Gasteiger partial charge is 0.396 e. The number of aliphatic hydroxyl groups is 1. The van der Waals surface area contributed by atoms with Crippen molar-refractivity contribution in [3.8, 4) is 0 Å². The van der Waals surface area contributed by atoms with Gasteiger partial charge in [0, 0.05) is 23.7 Å². The maximum atomic E-state index is 12.4. The Kier molecular flexibility index (Phi) is 5.59. The molecule has 0 saturated carbocycles. The van der Waals surface area contributed by atoms with Crippen molar-refractivity contribution in [1.29, 1.82) is 0 Å². The Morgan fingerprint density at radius 3 is 2.59 bits per heavy atom. The van der Waals surface area contributed by atoms with Crippen LogP contribution in [0.5, 0.6) is 0 Å². The molecule has 4 nitrogen and oxygen atoms in total. The lowest BCUT2D eigenvalue weighted by Gasteiger charge is -2.25. The quantitative estimate of drug-likeness (QED) is 0.863. The van der Waals surface area contributed by atoms with Gasteiger partial charge in [0.05, 0.1) is 0 Å². The number of sulfonamides is 1.